The minimum absolute atomic E-state index is 0.124. The van der Waals surface area contributed by atoms with E-state index in [1.54, 1.807) is 23.1 Å². The first-order valence-corrected chi connectivity index (χ1v) is 7.80. The van der Waals surface area contributed by atoms with Crippen molar-refractivity contribution in [1.82, 2.24) is 5.32 Å². The third-order valence-corrected chi connectivity index (χ3v) is 5.36. The van der Waals surface area contributed by atoms with Gasteiger partial charge in [-0.2, -0.15) is 4.55 Å². The van der Waals surface area contributed by atoms with Gasteiger partial charge in [0.25, 0.3) is 0 Å². The highest BCUT2D eigenvalue weighted by atomic mass is 32.3. The van der Waals surface area contributed by atoms with Crippen LogP contribution in [0.3, 0.4) is 0 Å². The first-order chi connectivity index (χ1) is 8.48. The summed E-state index contributed by atoms with van der Waals surface area (Å²) in [5, 5.41) is 3.42. The Balaban J connectivity index is 2.00. The Morgan fingerprint density at radius 3 is 2.89 bits per heavy atom. The van der Waals surface area contributed by atoms with Gasteiger partial charge in [-0.15, -0.1) is 0 Å². The molecule has 0 aromatic heterocycles. The third kappa shape index (κ3) is 1.82. The molecule has 4 nitrogen and oxygen atoms in total. The van der Waals surface area contributed by atoms with Gasteiger partial charge in [-0.3, -0.25) is 0 Å². The van der Waals surface area contributed by atoms with Gasteiger partial charge in [0.05, 0.1) is 5.69 Å². The summed E-state index contributed by atoms with van der Waals surface area (Å²) in [5.41, 5.74) is 0.361. The molecule has 2 saturated heterocycles. The zero-order valence-electron chi connectivity index (χ0n) is 9.38. The quantitative estimate of drug-likeness (QED) is 0.601. The van der Waals surface area contributed by atoms with Gasteiger partial charge < -0.3 is 10.2 Å². The second-order valence-corrected chi connectivity index (χ2v) is 7.15. The van der Waals surface area contributed by atoms with E-state index >= 15 is 0 Å². The maximum absolute atomic E-state index is 13.8. The van der Waals surface area contributed by atoms with Crippen LogP contribution in [0.25, 0.3) is 0 Å². The zero-order valence-corrected chi connectivity index (χ0v) is 11.0. The van der Waals surface area contributed by atoms with Crippen LogP contribution in [0.1, 0.15) is 0 Å². The predicted octanol–water partition coefficient (Wildman–Crippen LogP) is 1.24. The lowest BCUT2D eigenvalue weighted by atomic mass is 10.1. The van der Waals surface area contributed by atoms with Crippen molar-refractivity contribution in [3.05, 3.63) is 30.1 Å². The molecule has 96 valence electrons. The van der Waals surface area contributed by atoms with Crippen LogP contribution in [0.4, 0.5) is 10.1 Å². The fourth-order valence-electron chi connectivity index (χ4n) is 2.55. The van der Waals surface area contributed by atoms with Crippen molar-refractivity contribution in [1.29, 1.82) is 0 Å². The molecule has 0 saturated carbocycles. The number of para-hydroxylation sites is 1. The van der Waals surface area contributed by atoms with Crippen LogP contribution >= 0.6 is 12.2 Å². The summed E-state index contributed by atoms with van der Waals surface area (Å²) in [5.74, 6) is -0.0827. The summed E-state index contributed by atoms with van der Waals surface area (Å²) in [6, 6.07) is 5.90. The van der Waals surface area contributed by atoms with Crippen LogP contribution in [0.2, 0.25) is 0 Å². The minimum Gasteiger partial charge on any atom is -0.352 e. The van der Waals surface area contributed by atoms with Crippen LogP contribution in [0.15, 0.2) is 24.3 Å². The summed E-state index contributed by atoms with van der Waals surface area (Å²) in [4.78, 5) is 1.62. The molecule has 2 N–H and O–H groups in total. The highest BCUT2D eigenvalue weighted by Gasteiger charge is 2.54. The highest BCUT2D eigenvalue weighted by molar-refractivity contribution is 7.98. The van der Waals surface area contributed by atoms with E-state index in [9.17, 15) is 13.2 Å². The molecule has 0 radical (unpaired) electrons. The van der Waals surface area contributed by atoms with E-state index in [1.165, 1.54) is 6.07 Å². The second kappa shape index (κ2) is 3.97. The smallest absolute Gasteiger partial charge is 0.218 e. The van der Waals surface area contributed by atoms with Crippen molar-refractivity contribution in [3.63, 3.8) is 0 Å². The molecule has 0 aliphatic carbocycles. The first kappa shape index (κ1) is 12.0. The summed E-state index contributed by atoms with van der Waals surface area (Å²) >= 11 is 5.19. The predicted molar refractivity (Wildman–Crippen MR) is 72.6 cm³/mol. The lowest BCUT2D eigenvalue weighted by molar-refractivity contribution is 0.502. The largest absolute Gasteiger partial charge is 0.352 e. The molecule has 7 heteroatoms. The molecule has 0 spiro atoms. The molecule has 3 atom stereocenters. The lowest BCUT2D eigenvalue weighted by Crippen LogP contribution is -2.38. The fourth-order valence-corrected chi connectivity index (χ4v) is 4.85. The molecule has 18 heavy (non-hydrogen) atoms. The van der Waals surface area contributed by atoms with Crippen LogP contribution < -0.4 is 10.2 Å². The van der Waals surface area contributed by atoms with Gasteiger partial charge in [0.15, 0.2) is 16.6 Å². The molecular formula is C11H12FN2O2S2+. The van der Waals surface area contributed by atoms with Crippen molar-refractivity contribution in [2.75, 3.05) is 16.4 Å². The van der Waals surface area contributed by atoms with Gasteiger partial charge in [0, 0.05) is 0 Å². The number of fused-ring (bicyclic) bond motifs is 1. The topological polar surface area (TPSA) is 52.6 Å². The third-order valence-electron chi connectivity index (χ3n) is 3.31. The van der Waals surface area contributed by atoms with Gasteiger partial charge in [-0.25, -0.2) is 4.39 Å². The van der Waals surface area contributed by atoms with E-state index in [4.69, 9.17) is 12.2 Å². The van der Waals surface area contributed by atoms with Crippen molar-refractivity contribution in [2.45, 2.75) is 12.1 Å². The Labute approximate surface area is 110 Å². The Hall–Kier alpha value is -1.05. The molecule has 0 bridgehead atoms. The van der Waals surface area contributed by atoms with E-state index in [2.05, 4.69) is 5.32 Å². The standard InChI is InChI=1S/C11H11FN2O2S2/c12-7-3-1-2-4-9(7)14-10-6-18(15,16)5-8(10)13-11(14)17/h1-4,8,10H,5-6H2,(H-,13,15,16,17)/p+1/t8-,10+/m1/s1. The molecule has 1 aromatic carbocycles. The average Bonchev–Trinajstić information content (AvgIpc) is 2.70. The second-order valence-electron chi connectivity index (χ2n) is 4.55. The average molecular weight is 287 g/mol. The fraction of sp³-hybridized carbons (Fsp3) is 0.364. The van der Waals surface area contributed by atoms with E-state index in [0.717, 1.165) is 0 Å². The number of nitrogens with one attached hydrogen (secondary N) is 1. The highest BCUT2D eigenvalue weighted by Crippen LogP contribution is 2.32. The van der Waals surface area contributed by atoms with Crippen molar-refractivity contribution in [3.8, 4) is 0 Å². The maximum Gasteiger partial charge on any atom is 0.218 e. The summed E-state index contributed by atoms with van der Waals surface area (Å²) < 4.78 is 35.2. The van der Waals surface area contributed by atoms with E-state index < -0.39 is 10.2 Å². The van der Waals surface area contributed by atoms with Gasteiger partial charge in [-0.05, 0) is 24.4 Å². The van der Waals surface area contributed by atoms with Crippen LogP contribution in [-0.4, -0.2) is 33.3 Å². The van der Waals surface area contributed by atoms with Crippen LogP contribution in [-0.2, 0) is 14.4 Å². The zero-order chi connectivity index (χ0) is 12.9. The molecule has 2 aliphatic rings. The monoisotopic (exact) mass is 287 g/mol. The van der Waals surface area contributed by atoms with Gasteiger partial charge in [0.1, 0.15) is 17.9 Å². The number of nitrogens with zero attached hydrogens (tertiary/aromatic N) is 1. The number of hydrogen-bond acceptors (Lipinski definition) is 2. The number of benzene rings is 1. The molecule has 2 heterocycles. The minimum atomic E-state index is -2.82. The maximum atomic E-state index is 13.8. The SMILES string of the molecule is O=[S+]1(O)C[C@H]2NC(=S)N(c3ccccc3F)[C@H]2C1. The Morgan fingerprint density at radius 1 is 1.44 bits per heavy atom. The van der Waals surface area contributed by atoms with E-state index in [0.29, 0.717) is 10.8 Å². The summed E-state index contributed by atoms with van der Waals surface area (Å²) in [6.45, 7) is 0. The Morgan fingerprint density at radius 2 is 2.17 bits per heavy atom. The van der Waals surface area contributed by atoms with E-state index in [-0.39, 0.29) is 29.4 Å². The molecule has 0 amide bonds. The van der Waals surface area contributed by atoms with Gasteiger partial charge in [-0.1, -0.05) is 16.3 Å². The van der Waals surface area contributed by atoms with Crippen LogP contribution in [0, 0.1) is 5.82 Å². The van der Waals surface area contributed by atoms with Crippen molar-refractivity contribution in [2.24, 2.45) is 0 Å². The number of hydrogen-bond donors (Lipinski definition) is 2. The van der Waals surface area contributed by atoms with Crippen LogP contribution in [0.5, 0.6) is 0 Å². The number of anilines is 1. The molecule has 2 aliphatic heterocycles. The number of halogens is 1. The lowest BCUT2D eigenvalue weighted by Gasteiger charge is -2.22. The summed E-state index contributed by atoms with van der Waals surface area (Å²) in [7, 11) is -2.82. The molecular weight excluding hydrogens is 275 g/mol. The van der Waals surface area contributed by atoms with Crippen molar-refractivity contribution >= 4 is 33.2 Å². The van der Waals surface area contributed by atoms with E-state index in [1.807, 2.05) is 0 Å². The molecule has 1 unspecified atom stereocenters. The van der Waals surface area contributed by atoms with Crippen molar-refractivity contribution < 1.29 is 13.2 Å². The molecule has 2 fully saturated rings. The normalized spacial score (nSPS) is 34.6. The molecule has 1 aromatic rings. The molecule has 3 rings (SSSR count). The summed E-state index contributed by atoms with van der Waals surface area (Å²) in [6.07, 6.45) is 0. The van der Waals surface area contributed by atoms with Gasteiger partial charge in [0.2, 0.25) is 10.2 Å². The first-order valence-electron chi connectivity index (χ1n) is 5.54. The Bertz CT molecular complexity index is 566. The Kier molecular flexibility index (Phi) is 2.65. The number of thiocarbonyl (C=S) groups is 1. The number of rotatable bonds is 1. The van der Waals surface area contributed by atoms with Gasteiger partial charge >= 0.3 is 0 Å².